The molecule has 1 aliphatic heterocycles. The molecule has 1 aromatic carbocycles. The quantitative estimate of drug-likeness (QED) is 0.857. The third kappa shape index (κ3) is 3.06. The Kier molecular flexibility index (Phi) is 4.17. The smallest absolute Gasteiger partial charge is 0.261 e. The first-order chi connectivity index (χ1) is 10.1. The minimum absolute atomic E-state index is 0.0133. The predicted molar refractivity (Wildman–Crippen MR) is 85.1 cm³/mol. The molecule has 3 nitrogen and oxygen atoms in total. The van der Waals surface area contributed by atoms with Crippen molar-refractivity contribution in [3.05, 3.63) is 51.2 Å². The van der Waals surface area contributed by atoms with Gasteiger partial charge in [0, 0.05) is 16.4 Å². The first-order valence-electron chi connectivity index (χ1n) is 6.89. The SMILES string of the molecule is C[C@@H]1c2ccsc2CCN1C(=O)COc1cccc(Cl)c1. The molecule has 0 bridgehead atoms. The Balaban J connectivity index is 1.64. The summed E-state index contributed by atoms with van der Waals surface area (Å²) >= 11 is 7.67. The second kappa shape index (κ2) is 6.08. The number of halogens is 1. The standard InChI is InChI=1S/C16H16ClNO2S/c1-11-14-6-8-21-15(14)5-7-18(11)16(19)10-20-13-4-2-3-12(17)9-13/h2-4,6,8-9,11H,5,7,10H2,1H3/t11-/m1/s1. The first-order valence-corrected chi connectivity index (χ1v) is 8.15. The monoisotopic (exact) mass is 321 g/mol. The molecule has 0 saturated heterocycles. The van der Waals surface area contributed by atoms with Gasteiger partial charge in [0.05, 0.1) is 6.04 Å². The number of hydrogen-bond donors (Lipinski definition) is 0. The van der Waals surface area contributed by atoms with E-state index in [-0.39, 0.29) is 18.6 Å². The maximum absolute atomic E-state index is 12.4. The van der Waals surface area contributed by atoms with Gasteiger partial charge in [0.1, 0.15) is 5.75 Å². The number of nitrogens with zero attached hydrogens (tertiary/aromatic N) is 1. The molecule has 0 spiro atoms. The average molecular weight is 322 g/mol. The Morgan fingerprint density at radius 3 is 3.14 bits per heavy atom. The summed E-state index contributed by atoms with van der Waals surface area (Å²) in [5.74, 6) is 0.635. The highest BCUT2D eigenvalue weighted by atomic mass is 35.5. The molecule has 1 atom stereocenters. The molecular formula is C16H16ClNO2S. The zero-order valence-electron chi connectivity index (χ0n) is 11.7. The number of amides is 1. The van der Waals surface area contributed by atoms with Crippen molar-refractivity contribution >= 4 is 28.8 Å². The summed E-state index contributed by atoms with van der Waals surface area (Å²) in [4.78, 5) is 15.6. The normalized spacial score (nSPS) is 17.4. The number of carbonyl (C=O) groups excluding carboxylic acids is 1. The molecule has 21 heavy (non-hydrogen) atoms. The molecule has 110 valence electrons. The van der Waals surface area contributed by atoms with Crippen LogP contribution in [0.4, 0.5) is 0 Å². The van der Waals surface area contributed by atoms with Crippen LogP contribution in [0, 0.1) is 0 Å². The van der Waals surface area contributed by atoms with Gasteiger partial charge >= 0.3 is 0 Å². The van der Waals surface area contributed by atoms with E-state index >= 15 is 0 Å². The van der Waals surface area contributed by atoms with Crippen LogP contribution < -0.4 is 4.74 Å². The zero-order valence-corrected chi connectivity index (χ0v) is 13.3. The maximum atomic E-state index is 12.4. The van der Waals surface area contributed by atoms with E-state index in [1.807, 2.05) is 11.0 Å². The van der Waals surface area contributed by atoms with E-state index < -0.39 is 0 Å². The summed E-state index contributed by atoms with van der Waals surface area (Å²) in [5, 5.41) is 2.70. The largest absolute Gasteiger partial charge is 0.484 e. The minimum atomic E-state index is 0.0133. The van der Waals surface area contributed by atoms with E-state index in [9.17, 15) is 4.79 Å². The number of hydrogen-bond acceptors (Lipinski definition) is 3. The lowest BCUT2D eigenvalue weighted by atomic mass is 10.0. The summed E-state index contributed by atoms with van der Waals surface area (Å²) in [7, 11) is 0. The fraction of sp³-hybridized carbons (Fsp3) is 0.312. The fourth-order valence-electron chi connectivity index (χ4n) is 2.63. The molecule has 0 radical (unpaired) electrons. The van der Waals surface area contributed by atoms with Crippen molar-refractivity contribution in [2.45, 2.75) is 19.4 Å². The van der Waals surface area contributed by atoms with E-state index in [0.29, 0.717) is 10.8 Å². The van der Waals surface area contributed by atoms with Crippen LogP contribution in [0.15, 0.2) is 35.7 Å². The molecular weight excluding hydrogens is 306 g/mol. The van der Waals surface area contributed by atoms with Crippen LogP contribution in [-0.4, -0.2) is 24.0 Å². The number of ether oxygens (including phenoxy) is 1. The lowest BCUT2D eigenvalue weighted by Gasteiger charge is -2.33. The summed E-state index contributed by atoms with van der Waals surface area (Å²) in [6.45, 7) is 2.87. The van der Waals surface area contributed by atoms with Crippen LogP contribution in [0.3, 0.4) is 0 Å². The Labute approximate surface area is 133 Å². The highest BCUT2D eigenvalue weighted by Gasteiger charge is 2.28. The molecule has 0 unspecified atom stereocenters. The molecule has 0 N–H and O–H groups in total. The van der Waals surface area contributed by atoms with Gasteiger partial charge in [-0.15, -0.1) is 11.3 Å². The lowest BCUT2D eigenvalue weighted by molar-refractivity contribution is -0.135. The number of thiophene rings is 1. The highest BCUT2D eigenvalue weighted by Crippen LogP contribution is 2.32. The summed E-state index contributed by atoms with van der Waals surface area (Å²) < 4.78 is 5.55. The van der Waals surface area contributed by atoms with Gasteiger partial charge in [-0.3, -0.25) is 4.79 Å². The molecule has 2 aromatic rings. The molecule has 0 saturated carbocycles. The number of benzene rings is 1. The molecule has 5 heteroatoms. The third-order valence-electron chi connectivity index (χ3n) is 3.76. The molecule has 0 fully saturated rings. The topological polar surface area (TPSA) is 29.5 Å². The van der Waals surface area contributed by atoms with Gasteiger partial charge in [-0.2, -0.15) is 0 Å². The van der Waals surface area contributed by atoms with Crippen LogP contribution in [0.5, 0.6) is 5.75 Å². The van der Waals surface area contributed by atoms with Crippen molar-refractivity contribution in [3.8, 4) is 5.75 Å². The van der Waals surface area contributed by atoms with Crippen molar-refractivity contribution in [2.75, 3.05) is 13.2 Å². The number of fused-ring (bicyclic) bond motifs is 1. The molecule has 3 rings (SSSR count). The van der Waals surface area contributed by atoms with Gasteiger partial charge in [0.15, 0.2) is 6.61 Å². The van der Waals surface area contributed by atoms with E-state index in [4.69, 9.17) is 16.3 Å². The molecule has 0 aliphatic carbocycles. The Hall–Kier alpha value is -1.52. The van der Waals surface area contributed by atoms with Crippen LogP contribution in [0.1, 0.15) is 23.4 Å². The van der Waals surface area contributed by atoms with Crippen LogP contribution in [0.2, 0.25) is 5.02 Å². The average Bonchev–Trinajstić information content (AvgIpc) is 2.95. The van der Waals surface area contributed by atoms with Crippen LogP contribution in [0.25, 0.3) is 0 Å². The molecule has 2 heterocycles. The number of carbonyl (C=O) groups is 1. The summed E-state index contributed by atoms with van der Waals surface area (Å²) in [5.41, 5.74) is 1.27. The maximum Gasteiger partial charge on any atom is 0.261 e. The van der Waals surface area contributed by atoms with E-state index in [2.05, 4.69) is 18.4 Å². The molecule has 1 amide bonds. The van der Waals surface area contributed by atoms with Gasteiger partial charge in [-0.25, -0.2) is 0 Å². The minimum Gasteiger partial charge on any atom is -0.484 e. The van der Waals surface area contributed by atoms with Gasteiger partial charge < -0.3 is 9.64 Å². The summed E-state index contributed by atoms with van der Waals surface area (Å²) in [6.07, 6.45) is 0.931. The molecule has 1 aliphatic rings. The van der Waals surface area contributed by atoms with Gasteiger partial charge in [-0.1, -0.05) is 17.7 Å². The fourth-order valence-corrected chi connectivity index (χ4v) is 3.78. The van der Waals surface area contributed by atoms with Crippen LogP contribution >= 0.6 is 22.9 Å². The van der Waals surface area contributed by atoms with Gasteiger partial charge in [-0.05, 0) is 48.6 Å². The second-order valence-electron chi connectivity index (χ2n) is 5.06. The summed E-state index contributed by atoms with van der Waals surface area (Å²) in [6, 6.07) is 9.34. The number of rotatable bonds is 3. The Morgan fingerprint density at radius 2 is 2.33 bits per heavy atom. The van der Waals surface area contributed by atoms with Gasteiger partial charge in [0.25, 0.3) is 5.91 Å². The Morgan fingerprint density at radius 1 is 1.48 bits per heavy atom. The predicted octanol–water partition coefficient (Wildman–Crippen LogP) is 3.93. The van der Waals surface area contributed by atoms with E-state index in [0.717, 1.165) is 13.0 Å². The second-order valence-corrected chi connectivity index (χ2v) is 6.50. The molecule has 1 aromatic heterocycles. The highest BCUT2D eigenvalue weighted by molar-refractivity contribution is 7.10. The van der Waals surface area contributed by atoms with Crippen molar-refractivity contribution in [2.24, 2.45) is 0 Å². The van der Waals surface area contributed by atoms with Crippen molar-refractivity contribution in [3.63, 3.8) is 0 Å². The van der Waals surface area contributed by atoms with Crippen molar-refractivity contribution < 1.29 is 9.53 Å². The van der Waals surface area contributed by atoms with Crippen molar-refractivity contribution in [1.82, 2.24) is 4.90 Å². The van der Waals surface area contributed by atoms with Gasteiger partial charge in [0.2, 0.25) is 0 Å². The Bertz CT molecular complexity index is 655. The van der Waals surface area contributed by atoms with E-state index in [1.54, 1.807) is 29.5 Å². The van der Waals surface area contributed by atoms with E-state index in [1.165, 1.54) is 10.4 Å². The zero-order chi connectivity index (χ0) is 14.8. The third-order valence-corrected chi connectivity index (χ3v) is 4.99. The van der Waals surface area contributed by atoms with Crippen molar-refractivity contribution in [1.29, 1.82) is 0 Å². The first kappa shape index (κ1) is 14.4. The lowest BCUT2D eigenvalue weighted by Crippen LogP contribution is -2.40. The van der Waals surface area contributed by atoms with Crippen LogP contribution in [-0.2, 0) is 11.2 Å².